The van der Waals surface area contributed by atoms with Crippen LogP contribution in [0.1, 0.15) is 41.8 Å². The number of carboxylic acid groups (broad SMARTS) is 1. The van der Waals surface area contributed by atoms with Crippen LogP contribution in [0, 0.1) is 11.3 Å². The lowest BCUT2D eigenvalue weighted by molar-refractivity contribution is -0.142. The molecule has 0 aliphatic rings. The number of aldehydes is 1. The van der Waals surface area contributed by atoms with Crippen molar-refractivity contribution in [3.8, 4) is 11.8 Å². The maximum absolute atomic E-state index is 12.2. The Hall–Kier alpha value is -3.33. The molecule has 1 unspecified atom stereocenters. The van der Waals surface area contributed by atoms with E-state index in [1.807, 2.05) is 13.0 Å². The van der Waals surface area contributed by atoms with Crippen molar-refractivity contribution in [2.45, 2.75) is 25.8 Å². The van der Waals surface area contributed by atoms with Gasteiger partial charge in [0.05, 0.1) is 18.2 Å². The monoisotopic (exact) mass is 352 g/mol. The second-order valence-electron chi connectivity index (χ2n) is 5.72. The summed E-state index contributed by atoms with van der Waals surface area (Å²) >= 11 is 0. The zero-order valence-corrected chi connectivity index (χ0v) is 14.7. The van der Waals surface area contributed by atoms with E-state index in [0.29, 0.717) is 41.0 Å². The lowest BCUT2D eigenvalue weighted by Crippen LogP contribution is -2.43. The topological polar surface area (TPSA) is 99.4 Å². The van der Waals surface area contributed by atoms with Gasteiger partial charge in [-0.15, -0.1) is 0 Å². The summed E-state index contributed by atoms with van der Waals surface area (Å²) in [5, 5.41) is 21.9. The van der Waals surface area contributed by atoms with Crippen LogP contribution in [0.3, 0.4) is 0 Å². The van der Waals surface area contributed by atoms with Crippen molar-refractivity contribution in [2.24, 2.45) is 0 Å². The molecule has 0 saturated carbocycles. The van der Waals surface area contributed by atoms with Crippen molar-refractivity contribution in [3.63, 3.8) is 0 Å². The normalized spacial score (nSPS) is 12.5. The third kappa shape index (κ3) is 3.83. The molecule has 0 aliphatic carbocycles. The summed E-state index contributed by atoms with van der Waals surface area (Å²) in [7, 11) is 0. The molecule has 2 N–H and O–H groups in total. The highest BCUT2D eigenvalue weighted by Gasteiger charge is 2.39. The molecule has 2 aromatic rings. The molecule has 2 aromatic carbocycles. The number of hydrogen-bond acceptors (Lipinski definition) is 5. The fourth-order valence-electron chi connectivity index (χ4n) is 2.75. The Kier molecular flexibility index (Phi) is 5.97. The Balaban J connectivity index is 2.55. The summed E-state index contributed by atoms with van der Waals surface area (Å²) in [6, 6.07) is 13.3. The first-order valence-corrected chi connectivity index (χ1v) is 8.24. The minimum absolute atomic E-state index is 0.232. The number of hydrogen-bond donors (Lipinski definition) is 2. The minimum Gasteiger partial charge on any atom is -0.494 e. The Bertz CT molecular complexity index is 840. The predicted molar refractivity (Wildman–Crippen MR) is 97.4 cm³/mol. The molecule has 1 atom stereocenters. The van der Waals surface area contributed by atoms with Gasteiger partial charge in [-0.25, -0.2) is 4.79 Å². The maximum atomic E-state index is 12.2. The van der Waals surface area contributed by atoms with Crippen molar-refractivity contribution in [1.82, 2.24) is 0 Å². The molecule has 0 aromatic heterocycles. The van der Waals surface area contributed by atoms with Gasteiger partial charge < -0.3 is 15.2 Å². The van der Waals surface area contributed by atoms with Crippen molar-refractivity contribution in [1.29, 1.82) is 5.26 Å². The van der Waals surface area contributed by atoms with Gasteiger partial charge in [0.25, 0.3) is 0 Å². The Morgan fingerprint density at radius 3 is 2.46 bits per heavy atom. The molecule has 0 amide bonds. The molecule has 26 heavy (non-hydrogen) atoms. The van der Waals surface area contributed by atoms with Crippen LogP contribution in [0.25, 0.3) is 0 Å². The van der Waals surface area contributed by atoms with Crippen molar-refractivity contribution in [2.75, 3.05) is 11.9 Å². The van der Waals surface area contributed by atoms with Gasteiger partial charge in [-0.05, 0) is 61.4 Å². The molecule has 0 radical (unpaired) electrons. The number of aliphatic carboxylic acids is 1. The number of nitrogens with zero attached hydrogens (tertiary/aromatic N) is 1. The maximum Gasteiger partial charge on any atom is 0.334 e. The molecular formula is C20H20N2O4. The first-order chi connectivity index (χ1) is 12.5. The lowest BCUT2D eigenvalue weighted by Gasteiger charge is -2.31. The van der Waals surface area contributed by atoms with Crippen LogP contribution in [0.15, 0.2) is 42.5 Å². The summed E-state index contributed by atoms with van der Waals surface area (Å²) in [5.41, 5.74) is 0.354. The van der Waals surface area contributed by atoms with E-state index < -0.39 is 11.5 Å². The van der Waals surface area contributed by atoms with E-state index in [9.17, 15) is 14.7 Å². The van der Waals surface area contributed by atoms with Gasteiger partial charge in [-0.3, -0.25) is 4.79 Å². The average molecular weight is 352 g/mol. The van der Waals surface area contributed by atoms with Crippen LogP contribution in [0.4, 0.5) is 5.69 Å². The first-order valence-electron chi connectivity index (χ1n) is 8.24. The number of nitrogens with one attached hydrogen (secondary N) is 1. The molecule has 0 saturated heterocycles. The third-order valence-electron chi connectivity index (χ3n) is 4.14. The summed E-state index contributed by atoms with van der Waals surface area (Å²) in [5.74, 6) is -0.636. The standard InChI is InChI=1S/C20H20N2O4/c1-3-20(19(24)25,22-17-7-5-14(12-21)6-8-17)16-9-15(13-23)10-18(11-16)26-4-2/h5-11,13,22H,3-4H2,1-2H3,(H,24,25). The summed E-state index contributed by atoms with van der Waals surface area (Å²) in [6.07, 6.45) is 0.895. The Labute approximate surface area is 152 Å². The molecule has 0 bridgehead atoms. The van der Waals surface area contributed by atoms with E-state index in [1.54, 1.807) is 49.4 Å². The van der Waals surface area contributed by atoms with Gasteiger partial charge in [0.2, 0.25) is 0 Å². The van der Waals surface area contributed by atoms with Gasteiger partial charge in [0.1, 0.15) is 12.0 Å². The van der Waals surface area contributed by atoms with E-state index in [-0.39, 0.29) is 6.42 Å². The zero-order chi connectivity index (χ0) is 19.2. The minimum atomic E-state index is -1.45. The van der Waals surface area contributed by atoms with Gasteiger partial charge in [-0.1, -0.05) is 6.92 Å². The van der Waals surface area contributed by atoms with E-state index in [4.69, 9.17) is 10.00 Å². The molecule has 2 rings (SSSR count). The molecule has 6 heteroatoms. The van der Waals surface area contributed by atoms with Crippen molar-refractivity contribution >= 4 is 17.9 Å². The molecule has 0 heterocycles. The van der Waals surface area contributed by atoms with Crippen LogP contribution in [-0.4, -0.2) is 24.0 Å². The zero-order valence-electron chi connectivity index (χ0n) is 14.7. The molecule has 0 fully saturated rings. The smallest absolute Gasteiger partial charge is 0.334 e. The highest BCUT2D eigenvalue weighted by Crippen LogP contribution is 2.33. The number of carbonyl (C=O) groups is 2. The molecule has 0 aliphatic heterocycles. The molecular weight excluding hydrogens is 332 g/mol. The van der Waals surface area contributed by atoms with Crippen LogP contribution < -0.4 is 10.1 Å². The second-order valence-corrected chi connectivity index (χ2v) is 5.72. The van der Waals surface area contributed by atoms with Crippen LogP contribution in [0.2, 0.25) is 0 Å². The average Bonchev–Trinajstić information content (AvgIpc) is 2.66. The molecule has 6 nitrogen and oxygen atoms in total. The van der Waals surface area contributed by atoms with Crippen LogP contribution in [-0.2, 0) is 10.3 Å². The summed E-state index contributed by atoms with van der Waals surface area (Å²) < 4.78 is 5.47. The second kappa shape index (κ2) is 8.17. The first kappa shape index (κ1) is 19.0. The van der Waals surface area contributed by atoms with E-state index in [2.05, 4.69) is 5.32 Å². The number of carboxylic acids is 1. The van der Waals surface area contributed by atoms with Gasteiger partial charge in [-0.2, -0.15) is 5.26 Å². The van der Waals surface area contributed by atoms with Crippen LogP contribution >= 0.6 is 0 Å². The van der Waals surface area contributed by atoms with Gasteiger partial charge >= 0.3 is 5.97 Å². The fraction of sp³-hybridized carbons (Fsp3) is 0.250. The number of anilines is 1. The highest BCUT2D eigenvalue weighted by atomic mass is 16.5. The van der Waals surface area contributed by atoms with E-state index >= 15 is 0 Å². The number of rotatable bonds is 8. The number of nitriles is 1. The van der Waals surface area contributed by atoms with E-state index in [0.717, 1.165) is 0 Å². The SMILES string of the molecule is CCOc1cc(C=O)cc(C(CC)(Nc2ccc(C#N)cc2)C(=O)O)c1. The largest absolute Gasteiger partial charge is 0.494 e. The molecule has 0 spiro atoms. The number of carbonyl (C=O) groups excluding carboxylic acids is 1. The highest BCUT2D eigenvalue weighted by molar-refractivity contribution is 5.86. The van der Waals surface area contributed by atoms with Gasteiger partial charge in [0.15, 0.2) is 5.54 Å². The summed E-state index contributed by atoms with van der Waals surface area (Å²) in [4.78, 5) is 23.5. The van der Waals surface area contributed by atoms with Crippen LogP contribution in [0.5, 0.6) is 5.75 Å². The fourth-order valence-corrected chi connectivity index (χ4v) is 2.75. The number of ether oxygens (including phenoxy) is 1. The predicted octanol–water partition coefficient (Wildman–Crippen LogP) is 3.57. The van der Waals surface area contributed by atoms with Gasteiger partial charge in [0, 0.05) is 11.3 Å². The third-order valence-corrected chi connectivity index (χ3v) is 4.14. The van der Waals surface area contributed by atoms with E-state index in [1.165, 1.54) is 0 Å². The van der Waals surface area contributed by atoms with Crippen molar-refractivity contribution < 1.29 is 19.4 Å². The van der Waals surface area contributed by atoms with Crippen molar-refractivity contribution in [3.05, 3.63) is 59.2 Å². The quantitative estimate of drug-likeness (QED) is 0.705. The Morgan fingerprint density at radius 1 is 1.27 bits per heavy atom. The lowest BCUT2D eigenvalue weighted by atomic mass is 9.85. The molecule has 134 valence electrons. The number of benzene rings is 2. The summed E-state index contributed by atoms with van der Waals surface area (Å²) in [6.45, 7) is 3.96. The Morgan fingerprint density at radius 2 is 1.96 bits per heavy atom.